The predicted octanol–water partition coefficient (Wildman–Crippen LogP) is 2.85. The summed E-state index contributed by atoms with van der Waals surface area (Å²) in [6, 6.07) is 7.81. The van der Waals surface area contributed by atoms with Crippen molar-refractivity contribution in [2.24, 2.45) is 0 Å². The lowest BCUT2D eigenvalue weighted by molar-refractivity contribution is -0.106. The molecule has 0 saturated heterocycles. The Morgan fingerprint density at radius 2 is 2.00 bits per heavy atom. The second-order valence-electron chi connectivity index (χ2n) is 2.76. The SMILES string of the molecule is CC=O.CNc1sc2ccccc2c1O. The van der Waals surface area contributed by atoms with Crippen molar-refractivity contribution in [1.82, 2.24) is 0 Å². The summed E-state index contributed by atoms with van der Waals surface area (Å²) in [5.41, 5.74) is 0. The number of hydrogen-bond acceptors (Lipinski definition) is 4. The molecule has 0 atom stereocenters. The van der Waals surface area contributed by atoms with Gasteiger partial charge in [-0.15, -0.1) is 11.3 Å². The summed E-state index contributed by atoms with van der Waals surface area (Å²) < 4.78 is 1.11. The molecule has 0 radical (unpaired) electrons. The lowest BCUT2D eigenvalue weighted by Gasteiger charge is -1.93. The van der Waals surface area contributed by atoms with Crippen molar-refractivity contribution >= 4 is 32.7 Å². The molecule has 2 rings (SSSR count). The van der Waals surface area contributed by atoms with Crippen LogP contribution in [-0.2, 0) is 4.79 Å². The zero-order chi connectivity index (χ0) is 11.3. The van der Waals surface area contributed by atoms with Gasteiger partial charge in [0, 0.05) is 17.1 Å². The lowest BCUT2D eigenvalue weighted by atomic mass is 10.2. The first-order valence-corrected chi connectivity index (χ1v) is 5.34. The molecule has 80 valence electrons. The van der Waals surface area contributed by atoms with E-state index in [2.05, 4.69) is 5.32 Å². The number of anilines is 1. The van der Waals surface area contributed by atoms with Gasteiger partial charge in [0.25, 0.3) is 0 Å². The van der Waals surface area contributed by atoms with Gasteiger partial charge >= 0.3 is 0 Å². The minimum atomic E-state index is 0.359. The quantitative estimate of drug-likeness (QED) is 0.731. The Balaban J connectivity index is 0.000000337. The molecule has 0 aliphatic heterocycles. The van der Waals surface area contributed by atoms with E-state index in [1.54, 1.807) is 11.3 Å². The maximum atomic E-state index is 9.64. The van der Waals surface area contributed by atoms with Crippen LogP contribution in [0.2, 0.25) is 0 Å². The van der Waals surface area contributed by atoms with Crippen molar-refractivity contribution in [2.75, 3.05) is 12.4 Å². The van der Waals surface area contributed by atoms with E-state index in [1.165, 1.54) is 6.92 Å². The van der Waals surface area contributed by atoms with Crippen LogP contribution in [0.3, 0.4) is 0 Å². The number of rotatable bonds is 1. The van der Waals surface area contributed by atoms with Crippen LogP contribution in [0.15, 0.2) is 24.3 Å². The van der Waals surface area contributed by atoms with E-state index < -0.39 is 0 Å². The summed E-state index contributed by atoms with van der Waals surface area (Å²) >= 11 is 1.56. The Labute approximate surface area is 92.4 Å². The van der Waals surface area contributed by atoms with Gasteiger partial charge in [0.05, 0.1) is 0 Å². The minimum Gasteiger partial charge on any atom is -0.504 e. The summed E-state index contributed by atoms with van der Waals surface area (Å²) in [7, 11) is 1.81. The van der Waals surface area contributed by atoms with Crippen LogP contribution >= 0.6 is 11.3 Å². The molecular weight excluding hydrogens is 210 g/mol. The van der Waals surface area contributed by atoms with Gasteiger partial charge in [-0.1, -0.05) is 12.1 Å². The highest BCUT2D eigenvalue weighted by atomic mass is 32.1. The van der Waals surface area contributed by atoms with Crippen LogP contribution in [0.1, 0.15) is 6.92 Å². The second-order valence-corrected chi connectivity index (χ2v) is 3.81. The smallest absolute Gasteiger partial charge is 0.157 e. The number of benzene rings is 1. The molecule has 2 aromatic rings. The molecule has 0 spiro atoms. The number of aldehydes is 1. The Morgan fingerprint density at radius 3 is 2.53 bits per heavy atom. The molecule has 1 aromatic heterocycles. The molecule has 4 heteroatoms. The largest absolute Gasteiger partial charge is 0.504 e. The van der Waals surface area contributed by atoms with Gasteiger partial charge in [-0.3, -0.25) is 0 Å². The zero-order valence-corrected chi connectivity index (χ0v) is 9.47. The van der Waals surface area contributed by atoms with Gasteiger partial charge in [0.15, 0.2) is 5.75 Å². The van der Waals surface area contributed by atoms with E-state index >= 15 is 0 Å². The van der Waals surface area contributed by atoms with Gasteiger partial charge in [-0.2, -0.15) is 0 Å². The monoisotopic (exact) mass is 223 g/mol. The van der Waals surface area contributed by atoms with Crippen LogP contribution in [-0.4, -0.2) is 18.4 Å². The van der Waals surface area contributed by atoms with Crippen molar-refractivity contribution in [1.29, 1.82) is 0 Å². The molecule has 0 unspecified atom stereocenters. The zero-order valence-electron chi connectivity index (χ0n) is 8.65. The van der Waals surface area contributed by atoms with E-state index in [4.69, 9.17) is 4.79 Å². The maximum Gasteiger partial charge on any atom is 0.157 e. The molecule has 0 bridgehead atoms. The Morgan fingerprint density at radius 1 is 1.40 bits per heavy atom. The van der Waals surface area contributed by atoms with Crippen molar-refractivity contribution in [3.8, 4) is 5.75 Å². The highest BCUT2D eigenvalue weighted by Gasteiger charge is 2.07. The van der Waals surface area contributed by atoms with Crippen molar-refractivity contribution in [3.05, 3.63) is 24.3 Å². The van der Waals surface area contributed by atoms with Crippen molar-refractivity contribution < 1.29 is 9.90 Å². The molecular formula is C11H13NO2S. The summed E-state index contributed by atoms with van der Waals surface area (Å²) in [5.74, 6) is 0.359. The molecule has 0 aliphatic carbocycles. The van der Waals surface area contributed by atoms with Crippen LogP contribution in [0.25, 0.3) is 10.1 Å². The Bertz CT molecular complexity index is 451. The molecule has 0 aliphatic rings. The van der Waals surface area contributed by atoms with E-state index in [0.29, 0.717) is 5.75 Å². The Hall–Kier alpha value is -1.55. The minimum absolute atomic E-state index is 0.359. The number of hydrogen-bond donors (Lipinski definition) is 2. The van der Waals surface area contributed by atoms with Crippen LogP contribution in [0, 0.1) is 0 Å². The first kappa shape index (κ1) is 11.5. The van der Waals surface area contributed by atoms with Gasteiger partial charge in [-0.05, 0) is 19.1 Å². The van der Waals surface area contributed by atoms with E-state index in [1.807, 2.05) is 31.3 Å². The second kappa shape index (κ2) is 5.36. The standard InChI is InChI=1S/C9H9NOS.C2H4O/c1-10-9-8(11)6-4-2-3-5-7(6)12-9;1-2-3/h2-5,10-11H,1H3;2H,1H3. The molecule has 0 amide bonds. The van der Waals surface area contributed by atoms with E-state index in [0.717, 1.165) is 21.4 Å². The number of fused-ring (bicyclic) bond motifs is 1. The molecule has 15 heavy (non-hydrogen) atoms. The fourth-order valence-corrected chi connectivity index (χ4v) is 2.15. The fourth-order valence-electron chi connectivity index (χ4n) is 1.20. The number of thiophene rings is 1. The fraction of sp³-hybridized carbons (Fsp3) is 0.182. The van der Waals surface area contributed by atoms with Gasteiger partial charge < -0.3 is 15.2 Å². The number of aromatic hydroxyl groups is 1. The third-order valence-corrected chi connectivity index (χ3v) is 2.97. The summed E-state index contributed by atoms with van der Waals surface area (Å²) in [5, 5.41) is 14.3. The first-order chi connectivity index (χ1) is 7.24. The molecule has 0 fully saturated rings. The van der Waals surface area contributed by atoms with Crippen LogP contribution in [0.5, 0.6) is 5.75 Å². The summed E-state index contributed by atoms with van der Waals surface area (Å²) in [6.45, 7) is 1.44. The highest BCUT2D eigenvalue weighted by Crippen LogP contribution is 2.40. The molecule has 1 heterocycles. The Kier molecular flexibility index (Phi) is 4.12. The third-order valence-electron chi connectivity index (χ3n) is 1.80. The highest BCUT2D eigenvalue weighted by molar-refractivity contribution is 7.23. The third kappa shape index (κ3) is 2.47. The van der Waals surface area contributed by atoms with Gasteiger partial charge in [-0.25, -0.2) is 0 Å². The van der Waals surface area contributed by atoms with Gasteiger partial charge in [0.1, 0.15) is 11.3 Å². The predicted molar refractivity (Wildman–Crippen MR) is 64.8 cm³/mol. The van der Waals surface area contributed by atoms with E-state index in [9.17, 15) is 5.11 Å². The lowest BCUT2D eigenvalue weighted by Crippen LogP contribution is -1.81. The molecule has 0 saturated carbocycles. The number of carbonyl (C=O) groups is 1. The topological polar surface area (TPSA) is 49.3 Å². The van der Waals surface area contributed by atoms with Crippen molar-refractivity contribution in [3.63, 3.8) is 0 Å². The summed E-state index contributed by atoms with van der Waals surface area (Å²) in [4.78, 5) is 8.81. The maximum absolute atomic E-state index is 9.64. The average Bonchev–Trinajstić information content (AvgIpc) is 2.57. The first-order valence-electron chi connectivity index (χ1n) is 4.52. The van der Waals surface area contributed by atoms with Gasteiger partial charge in [0.2, 0.25) is 0 Å². The molecule has 3 nitrogen and oxygen atoms in total. The average molecular weight is 223 g/mol. The summed E-state index contributed by atoms with van der Waals surface area (Å²) in [6.07, 6.45) is 0.750. The molecule has 2 N–H and O–H groups in total. The number of carbonyl (C=O) groups excluding carboxylic acids is 1. The van der Waals surface area contributed by atoms with E-state index in [-0.39, 0.29) is 0 Å². The van der Waals surface area contributed by atoms with Crippen molar-refractivity contribution in [2.45, 2.75) is 6.92 Å². The molecule has 1 aromatic carbocycles. The normalized spacial score (nSPS) is 9.20. The van der Waals surface area contributed by atoms with Crippen LogP contribution < -0.4 is 5.32 Å². The van der Waals surface area contributed by atoms with Crippen LogP contribution in [0.4, 0.5) is 5.00 Å². The number of nitrogens with one attached hydrogen (secondary N) is 1.